The molecular weight excluding hydrogens is 246 g/mol. The van der Waals surface area contributed by atoms with Crippen LogP contribution in [-0.2, 0) is 9.30 Å². The zero-order valence-corrected chi connectivity index (χ0v) is 9.07. The van der Waals surface area contributed by atoms with Crippen molar-refractivity contribution in [2.75, 3.05) is 6.61 Å². The van der Waals surface area contributed by atoms with E-state index in [1.54, 1.807) is 0 Å². The first kappa shape index (κ1) is 14.0. The summed E-state index contributed by atoms with van der Waals surface area (Å²) in [4.78, 5) is 17.0. The lowest BCUT2D eigenvalue weighted by Gasteiger charge is -2.17. The third-order valence-electron chi connectivity index (χ3n) is 2.43. The number of alkyl halides is 1. The van der Waals surface area contributed by atoms with E-state index in [2.05, 4.69) is 0 Å². The second-order valence-corrected chi connectivity index (χ2v) is 5.37. The molecule has 0 spiro atoms. The van der Waals surface area contributed by atoms with Crippen molar-refractivity contribution in [1.29, 1.82) is 0 Å². The highest BCUT2D eigenvalue weighted by atomic mass is 31.2. The largest absolute Gasteiger partial charge is 0.394 e. The van der Waals surface area contributed by atoms with E-state index in [0.717, 1.165) is 0 Å². The van der Waals surface area contributed by atoms with E-state index in [1.165, 1.54) is 0 Å². The van der Waals surface area contributed by atoms with E-state index in [4.69, 9.17) is 19.6 Å². The summed E-state index contributed by atoms with van der Waals surface area (Å²) >= 11 is 0. The Bertz CT molecular complexity index is 282. The summed E-state index contributed by atoms with van der Waals surface area (Å²) in [6.07, 6.45) is -5.90. The first-order valence-electron chi connectivity index (χ1n) is 4.59. The van der Waals surface area contributed by atoms with Crippen LogP contribution in [0, 0.1) is 0 Å². The molecule has 0 bridgehead atoms. The fraction of sp³-hybridized carbons (Fsp3) is 1.00. The van der Waals surface area contributed by atoms with Gasteiger partial charge in [-0.15, -0.1) is 0 Å². The van der Waals surface area contributed by atoms with Gasteiger partial charge in [0.2, 0.25) is 5.91 Å². The third kappa shape index (κ3) is 2.98. The van der Waals surface area contributed by atoms with Crippen molar-refractivity contribution in [3.63, 3.8) is 0 Å². The fourth-order valence-corrected chi connectivity index (χ4v) is 1.98. The molecule has 5 atom stereocenters. The number of aliphatic hydroxyl groups excluding tert-OH is 3. The number of aliphatic hydroxyl groups is 3. The summed E-state index contributed by atoms with van der Waals surface area (Å²) in [5, 5.41) is 27.4. The smallest absolute Gasteiger partial charge is 0.359 e. The van der Waals surface area contributed by atoms with Crippen LogP contribution >= 0.6 is 7.60 Å². The molecule has 0 radical (unpaired) electrons. The van der Waals surface area contributed by atoms with Crippen LogP contribution in [0.15, 0.2) is 0 Å². The maximum absolute atomic E-state index is 13.0. The van der Waals surface area contributed by atoms with Crippen LogP contribution in [0.3, 0.4) is 0 Å². The fourth-order valence-electron chi connectivity index (χ4n) is 1.50. The number of rotatable bonds is 4. The van der Waals surface area contributed by atoms with Gasteiger partial charge in [-0.05, 0) is 0 Å². The molecule has 1 saturated heterocycles. The minimum Gasteiger partial charge on any atom is -0.394 e. The van der Waals surface area contributed by atoms with Crippen LogP contribution in [-0.4, -0.2) is 62.0 Å². The van der Waals surface area contributed by atoms with Crippen molar-refractivity contribution in [3.8, 4) is 0 Å². The standard InChI is InChI=1S/C7H14FO7P/c8-5(16(12,13)14)1-3-6(10)7(11)4(2-9)15-3/h3-7,9-11H,1-2H2,(H2,12,13,14)/t3-,4-,5-,6-,7-/m1/s1. The van der Waals surface area contributed by atoms with Gasteiger partial charge in [-0.25, -0.2) is 4.39 Å². The average molecular weight is 260 g/mol. The van der Waals surface area contributed by atoms with E-state index in [1.807, 2.05) is 0 Å². The Kier molecular flexibility index (Phi) is 4.42. The van der Waals surface area contributed by atoms with Gasteiger partial charge in [0.25, 0.3) is 0 Å². The zero-order chi connectivity index (χ0) is 12.5. The van der Waals surface area contributed by atoms with Gasteiger partial charge in [0.15, 0.2) is 0 Å². The SMILES string of the molecule is O=P(O)(O)[C@@H](F)C[C@H]1O[C@H](CO)[C@@H](O)[C@@H]1O. The molecule has 1 heterocycles. The Labute approximate surface area is 90.6 Å². The number of hydrogen-bond acceptors (Lipinski definition) is 5. The van der Waals surface area contributed by atoms with Crippen molar-refractivity contribution >= 4 is 7.60 Å². The topological polar surface area (TPSA) is 127 Å². The molecule has 0 aliphatic carbocycles. The zero-order valence-electron chi connectivity index (χ0n) is 8.18. The lowest BCUT2D eigenvalue weighted by atomic mass is 10.1. The van der Waals surface area contributed by atoms with Gasteiger partial charge in [-0.3, -0.25) is 4.57 Å². The maximum Gasteiger partial charge on any atom is 0.359 e. The van der Waals surface area contributed by atoms with Gasteiger partial charge in [0.05, 0.1) is 12.7 Å². The predicted octanol–water partition coefficient (Wildman–Crippen LogP) is -1.67. The van der Waals surface area contributed by atoms with Crippen molar-refractivity contribution in [2.24, 2.45) is 0 Å². The first-order valence-corrected chi connectivity index (χ1v) is 6.27. The molecule has 1 fully saturated rings. The molecule has 7 nitrogen and oxygen atoms in total. The van der Waals surface area contributed by atoms with E-state index >= 15 is 0 Å². The molecule has 1 rings (SSSR count). The van der Waals surface area contributed by atoms with E-state index in [0.29, 0.717) is 0 Å². The average Bonchev–Trinajstić information content (AvgIpc) is 2.44. The Morgan fingerprint density at radius 2 is 1.75 bits per heavy atom. The van der Waals surface area contributed by atoms with Gasteiger partial charge in [0, 0.05) is 6.42 Å². The summed E-state index contributed by atoms with van der Waals surface area (Å²) in [7, 11) is -4.89. The van der Waals surface area contributed by atoms with Gasteiger partial charge in [0.1, 0.15) is 18.3 Å². The summed E-state index contributed by atoms with van der Waals surface area (Å²) in [6, 6.07) is 0. The van der Waals surface area contributed by atoms with Crippen molar-refractivity contribution in [3.05, 3.63) is 0 Å². The molecule has 0 saturated carbocycles. The Balaban J connectivity index is 2.60. The minimum absolute atomic E-state index is 0.568. The molecule has 9 heteroatoms. The molecule has 0 aromatic rings. The maximum atomic E-state index is 13.0. The van der Waals surface area contributed by atoms with Crippen LogP contribution in [0.4, 0.5) is 4.39 Å². The van der Waals surface area contributed by atoms with Crippen LogP contribution < -0.4 is 0 Å². The second kappa shape index (κ2) is 5.05. The molecule has 0 aromatic heterocycles. The highest BCUT2D eigenvalue weighted by Gasteiger charge is 2.45. The summed E-state index contributed by atoms with van der Waals surface area (Å²) in [5.74, 6) is -2.46. The summed E-state index contributed by atoms with van der Waals surface area (Å²) < 4.78 is 28.4. The number of halogens is 1. The minimum atomic E-state index is -4.89. The number of hydrogen-bond donors (Lipinski definition) is 5. The van der Waals surface area contributed by atoms with Crippen molar-refractivity contribution in [2.45, 2.75) is 36.7 Å². The van der Waals surface area contributed by atoms with Crippen molar-refractivity contribution < 1.29 is 38.8 Å². The molecule has 0 unspecified atom stereocenters. The third-order valence-corrected chi connectivity index (χ3v) is 3.37. The highest BCUT2D eigenvalue weighted by Crippen LogP contribution is 2.45. The van der Waals surface area contributed by atoms with Crippen LogP contribution in [0.2, 0.25) is 0 Å². The first-order chi connectivity index (χ1) is 7.27. The van der Waals surface area contributed by atoms with Gasteiger partial charge < -0.3 is 29.8 Å². The molecular formula is C7H14FO7P. The predicted molar refractivity (Wildman–Crippen MR) is 49.3 cm³/mol. The van der Waals surface area contributed by atoms with Gasteiger partial charge in [-0.2, -0.15) is 0 Å². The Morgan fingerprint density at radius 3 is 2.12 bits per heavy atom. The van der Waals surface area contributed by atoms with Gasteiger partial charge in [-0.1, -0.05) is 0 Å². The molecule has 16 heavy (non-hydrogen) atoms. The van der Waals surface area contributed by atoms with E-state index < -0.39 is 51.0 Å². The highest BCUT2D eigenvalue weighted by molar-refractivity contribution is 7.52. The molecule has 0 amide bonds. The second-order valence-electron chi connectivity index (χ2n) is 3.64. The van der Waals surface area contributed by atoms with E-state index in [9.17, 15) is 19.2 Å². The lowest BCUT2D eigenvalue weighted by Crippen LogP contribution is -2.34. The number of ether oxygens (including phenoxy) is 1. The lowest BCUT2D eigenvalue weighted by molar-refractivity contribution is -0.0278. The summed E-state index contributed by atoms with van der Waals surface area (Å²) in [6.45, 7) is -0.568. The summed E-state index contributed by atoms with van der Waals surface area (Å²) in [5.41, 5.74) is 0. The van der Waals surface area contributed by atoms with Crippen LogP contribution in [0.25, 0.3) is 0 Å². The molecule has 96 valence electrons. The monoisotopic (exact) mass is 260 g/mol. The normalized spacial score (nSPS) is 37.6. The Hall–Kier alpha value is -0.0800. The van der Waals surface area contributed by atoms with Crippen molar-refractivity contribution in [1.82, 2.24) is 0 Å². The van der Waals surface area contributed by atoms with Crippen LogP contribution in [0.5, 0.6) is 0 Å². The Morgan fingerprint density at radius 1 is 1.25 bits per heavy atom. The van der Waals surface area contributed by atoms with Gasteiger partial charge >= 0.3 is 7.60 Å². The van der Waals surface area contributed by atoms with E-state index in [-0.39, 0.29) is 0 Å². The molecule has 5 N–H and O–H groups in total. The molecule has 1 aliphatic rings. The molecule has 0 aromatic carbocycles. The molecule has 1 aliphatic heterocycles. The quantitative estimate of drug-likeness (QED) is 0.382. The van der Waals surface area contributed by atoms with Crippen LogP contribution in [0.1, 0.15) is 6.42 Å².